The molecule has 1 aliphatic rings. The van der Waals surface area contributed by atoms with Crippen LogP contribution in [0.25, 0.3) is 0 Å². The Morgan fingerprint density at radius 2 is 1.78 bits per heavy atom. The third-order valence-corrected chi connectivity index (χ3v) is 10.0. The van der Waals surface area contributed by atoms with Gasteiger partial charge in [0.1, 0.15) is 0 Å². The first-order valence-corrected chi connectivity index (χ1v) is 11.6. The Kier molecular flexibility index (Phi) is 5.36. The number of carbonyl (C=O) groups is 1. The summed E-state index contributed by atoms with van der Waals surface area (Å²) in [6.07, 6.45) is 0.990. The van der Waals surface area contributed by atoms with Gasteiger partial charge in [0, 0.05) is 19.2 Å². The molecule has 1 heterocycles. The zero-order valence-electron chi connectivity index (χ0n) is 15.4. The molecule has 0 radical (unpaired) electrons. The second-order valence-corrected chi connectivity index (χ2v) is 12.9. The van der Waals surface area contributed by atoms with E-state index in [4.69, 9.17) is 4.43 Å². The second-order valence-electron chi connectivity index (χ2n) is 8.11. The number of likely N-dealkylation sites (tertiary alicyclic amines) is 1. The van der Waals surface area contributed by atoms with Gasteiger partial charge in [-0.3, -0.25) is 4.79 Å². The van der Waals surface area contributed by atoms with Crippen molar-refractivity contribution in [1.29, 1.82) is 0 Å². The zero-order chi connectivity index (χ0) is 17.3. The first-order valence-electron chi connectivity index (χ1n) is 8.65. The van der Waals surface area contributed by atoms with Crippen molar-refractivity contribution in [3.8, 4) is 0 Å². The van der Waals surface area contributed by atoms with E-state index < -0.39 is 8.32 Å². The Hall–Kier alpha value is -1.13. The molecule has 0 N–H and O–H groups in total. The normalized spacial score (nSPS) is 22.2. The SMILES string of the molecule is CC[C@@H]1[C@H](CO[Si](C)(C)C(C)(C)C)C(=O)N1Cc1ccccc1. The Balaban J connectivity index is 1.96. The molecule has 1 aliphatic heterocycles. The third-order valence-electron chi connectivity index (χ3n) is 5.51. The van der Waals surface area contributed by atoms with E-state index in [1.54, 1.807) is 0 Å². The fraction of sp³-hybridized carbons (Fsp3) is 0.632. The minimum absolute atomic E-state index is 0.0397. The number of benzene rings is 1. The molecule has 1 amide bonds. The minimum atomic E-state index is -1.79. The van der Waals surface area contributed by atoms with E-state index in [1.165, 1.54) is 5.56 Å². The van der Waals surface area contributed by atoms with Gasteiger partial charge in [-0.25, -0.2) is 0 Å². The number of nitrogens with zero attached hydrogens (tertiary/aromatic N) is 1. The third kappa shape index (κ3) is 3.86. The van der Waals surface area contributed by atoms with Gasteiger partial charge in [-0.15, -0.1) is 0 Å². The highest BCUT2D eigenvalue weighted by molar-refractivity contribution is 6.74. The number of carbonyl (C=O) groups excluding carboxylic acids is 1. The van der Waals surface area contributed by atoms with Crippen molar-refractivity contribution < 1.29 is 9.22 Å². The monoisotopic (exact) mass is 333 g/mol. The predicted octanol–water partition coefficient (Wildman–Crippen LogP) is 4.45. The molecule has 2 atom stereocenters. The number of β-lactam (4-membered cyclic amide) rings is 1. The molecular weight excluding hydrogens is 302 g/mol. The van der Waals surface area contributed by atoms with Crippen LogP contribution < -0.4 is 0 Å². The highest BCUT2D eigenvalue weighted by Crippen LogP contribution is 2.38. The van der Waals surface area contributed by atoms with Crippen molar-refractivity contribution in [3.63, 3.8) is 0 Å². The Labute approximate surface area is 142 Å². The summed E-state index contributed by atoms with van der Waals surface area (Å²) in [6, 6.07) is 10.5. The summed E-state index contributed by atoms with van der Waals surface area (Å²) in [7, 11) is -1.79. The average Bonchev–Trinajstić information content (AvgIpc) is 2.48. The molecular formula is C19H31NO2Si. The van der Waals surface area contributed by atoms with Crippen molar-refractivity contribution in [1.82, 2.24) is 4.90 Å². The second kappa shape index (κ2) is 6.77. The van der Waals surface area contributed by atoms with E-state index in [0.29, 0.717) is 12.6 Å². The standard InChI is InChI=1S/C19H31NO2Si/c1-7-17-16(14-22-23(5,6)19(2,3)4)18(21)20(17)13-15-11-9-8-10-12-15/h8-12,16-17H,7,13-14H2,1-6H3/t16-,17+/m0/s1. The average molecular weight is 334 g/mol. The Morgan fingerprint density at radius 1 is 1.17 bits per heavy atom. The topological polar surface area (TPSA) is 29.5 Å². The number of amides is 1. The van der Waals surface area contributed by atoms with Crippen LogP contribution in [0.1, 0.15) is 39.7 Å². The molecule has 0 aromatic heterocycles. The molecule has 1 fully saturated rings. The molecule has 0 saturated carbocycles. The van der Waals surface area contributed by atoms with Gasteiger partial charge in [0.2, 0.25) is 5.91 Å². The van der Waals surface area contributed by atoms with Crippen LogP contribution in [0, 0.1) is 5.92 Å². The molecule has 4 heteroatoms. The van der Waals surface area contributed by atoms with Crippen molar-refractivity contribution in [2.75, 3.05) is 6.61 Å². The van der Waals surface area contributed by atoms with E-state index in [-0.39, 0.29) is 16.9 Å². The van der Waals surface area contributed by atoms with Gasteiger partial charge in [0.05, 0.1) is 5.92 Å². The van der Waals surface area contributed by atoms with Gasteiger partial charge in [-0.1, -0.05) is 58.0 Å². The molecule has 23 heavy (non-hydrogen) atoms. The number of hydrogen-bond donors (Lipinski definition) is 0. The first-order chi connectivity index (χ1) is 10.7. The lowest BCUT2D eigenvalue weighted by molar-refractivity contribution is -0.160. The molecule has 1 aromatic carbocycles. The van der Waals surface area contributed by atoms with Gasteiger partial charge in [0.15, 0.2) is 8.32 Å². The Bertz CT molecular complexity index is 536. The van der Waals surface area contributed by atoms with Gasteiger partial charge in [-0.2, -0.15) is 0 Å². The summed E-state index contributed by atoms with van der Waals surface area (Å²) >= 11 is 0. The van der Waals surface area contributed by atoms with E-state index in [9.17, 15) is 4.79 Å². The quantitative estimate of drug-likeness (QED) is 0.569. The van der Waals surface area contributed by atoms with Gasteiger partial charge < -0.3 is 9.33 Å². The van der Waals surface area contributed by atoms with Crippen LogP contribution in [0.5, 0.6) is 0 Å². The maximum atomic E-state index is 12.6. The van der Waals surface area contributed by atoms with E-state index in [0.717, 1.165) is 13.0 Å². The molecule has 0 unspecified atom stereocenters. The van der Waals surface area contributed by atoms with E-state index in [1.807, 2.05) is 23.1 Å². The van der Waals surface area contributed by atoms with Crippen LogP contribution in [0.2, 0.25) is 18.1 Å². The number of rotatable bonds is 6. The fourth-order valence-corrected chi connectivity index (χ4v) is 3.88. The molecule has 0 aliphatic carbocycles. The highest BCUT2D eigenvalue weighted by atomic mass is 28.4. The van der Waals surface area contributed by atoms with Crippen LogP contribution >= 0.6 is 0 Å². The van der Waals surface area contributed by atoms with Gasteiger partial charge in [-0.05, 0) is 30.1 Å². The first kappa shape index (κ1) is 18.2. The fourth-order valence-electron chi connectivity index (χ4n) is 2.85. The summed E-state index contributed by atoms with van der Waals surface area (Å²) in [5, 5.41) is 0.186. The maximum absolute atomic E-state index is 12.6. The summed E-state index contributed by atoms with van der Waals surface area (Å²) in [4.78, 5) is 14.6. The van der Waals surface area contributed by atoms with Crippen LogP contribution in [0.3, 0.4) is 0 Å². The number of hydrogen-bond acceptors (Lipinski definition) is 2. The van der Waals surface area contributed by atoms with Gasteiger partial charge >= 0.3 is 0 Å². The lowest BCUT2D eigenvalue weighted by Crippen LogP contribution is -2.62. The van der Waals surface area contributed by atoms with Crippen molar-refractivity contribution in [3.05, 3.63) is 35.9 Å². The van der Waals surface area contributed by atoms with Crippen molar-refractivity contribution >= 4 is 14.2 Å². The molecule has 3 nitrogen and oxygen atoms in total. The smallest absolute Gasteiger partial charge is 0.230 e. The Morgan fingerprint density at radius 3 is 2.30 bits per heavy atom. The van der Waals surface area contributed by atoms with Crippen LogP contribution in [-0.4, -0.2) is 31.8 Å². The van der Waals surface area contributed by atoms with Crippen LogP contribution in [0.4, 0.5) is 0 Å². The van der Waals surface area contributed by atoms with Gasteiger partial charge in [0.25, 0.3) is 0 Å². The molecule has 2 rings (SSSR count). The molecule has 128 valence electrons. The van der Waals surface area contributed by atoms with Crippen molar-refractivity contribution in [2.24, 2.45) is 5.92 Å². The van der Waals surface area contributed by atoms with E-state index in [2.05, 4.69) is 52.9 Å². The summed E-state index contributed by atoms with van der Waals surface area (Å²) in [5.74, 6) is 0.289. The molecule has 0 bridgehead atoms. The largest absolute Gasteiger partial charge is 0.416 e. The zero-order valence-corrected chi connectivity index (χ0v) is 16.4. The summed E-state index contributed by atoms with van der Waals surface area (Å²) in [5.41, 5.74) is 1.20. The highest BCUT2D eigenvalue weighted by Gasteiger charge is 2.47. The summed E-state index contributed by atoms with van der Waals surface area (Å²) < 4.78 is 6.29. The minimum Gasteiger partial charge on any atom is -0.416 e. The molecule has 1 saturated heterocycles. The lowest BCUT2D eigenvalue weighted by Gasteiger charge is -2.48. The van der Waals surface area contributed by atoms with Crippen LogP contribution in [-0.2, 0) is 15.8 Å². The predicted molar refractivity (Wildman–Crippen MR) is 97.7 cm³/mol. The maximum Gasteiger partial charge on any atom is 0.230 e. The van der Waals surface area contributed by atoms with Crippen molar-refractivity contribution in [2.45, 2.75) is 64.8 Å². The molecule has 0 spiro atoms. The summed E-state index contributed by atoms with van der Waals surface area (Å²) in [6.45, 7) is 14.7. The van der Waals surface area contributed by atoms with E-state index >= 15 is 0 Å². The van der Waals surface area contributed by atoms with Crippen LogP contribution in [0.15, 0.2) is 30.3 Å². The lowest BCUT2D eigenvalue weighted by atomic mass is 9.85. The molecule has 1 aromatic rings.